The number of hydrogen-bond donors (Lipinski definition) is 12. The number of carboxylic acids is 1. The Hall–Kier alpha value is -7.67. The molecule has 26 nitrogen and oxygen atoms in total. The normalized spacial score (nSPS) is 15.4. The molecule has 12 amide bonds. The van der Waals surface area contributed by atoms with Crippen LogP contribution in [-0.4, -0.2) is 152 Å². The molecule has 1 heterocycles. The molecule has 0 unspecified atom stereocenters. The number of benzene rings is 1. The van der Waals surface area contributed by atoms with Crippen molar-refractivity contribution in [2.75, 3.05) is 6.54 Å². The summed E-state index contributed by atoms with van der Waals surface area (Å²) in [5.74, 6) is -10.9. The number of primary amides is 2. The summed E-state index contributed by atoms with van der Waals surface area (Å²) in [6, 6.07) is 0.655. The fraction of sp³-hybridized carbons (Fsp3) is 0.667. The Bertz CT molecular complexity index is 2500. The second-order valence-electron chi connectivity index (χ2n) is 23.9. The van der Waals surface area contributed by atoms with E-state index in [0.717, 1.165) is 25.7 Å². The summed E-state index contributed by atoms with van der Waals surface area (Å²) in [5, 5.41) is 32.5. The van der Waals surface area contributed by atoms with Gasteiger partial charge in [-0.3, -0.25) is 57.5 Å². The summed E-state index contributed by atoms with van der Waals surface area (Å²) in [4.78, 5) is 175. The summed E-state index contributed by atoms with van der Waals surface area (Å²) in [6.07, 6.45) is 3.95. The number of carbonyl (C=O) groups excluding carboxylic acids is 12. The lowest BCUT2D eigenvalue weighted by atomic mass is 9.97. The van der Waals surface area contributed by atoms with Crippen LogP contribution in [0.4, 0.5) is 0 Å². The van der Waals surface area contributed by atoms with E-state index in [9.17, 15) is 67.4 Å². The Morgan fingerprint density at radius 1 is 0.566 bits per heavy atom. The highest BCUT2D eigenvalue weighted by molar-refractivity contribution is 6.01. The van der Waals surface area contributed by atoms with Gasteiger partial charge in [0.25, 0.3) is 0 Å². The van der Waals surface area contributed by atoms with Crippen LogP contribution < -0.4 is 59.3 Å². The van der Waals surface area contributed by atoms with Crippen molar-refractivity contribution in [1.82, 2.24) is 52.8 Å². The van der Waals surface area contributed by atoms with Crippen molar-refractivity contribution in [3.05, 3.63) is 35.9 Å². The van der Waals surface area contributed by atoms with E-state index in [0.29, 0.717) is 18.4 Å². The van der Waals surface area contributed by atoms with Gasteiger partial charge in [0.15, 0.2) is 0 Å². The third-order valence-electron chi connectivity index (χ3n) is 13.9. The predicted molar refractivity (Wildman–Crippen MR) is 306 cm³/mol. The second-order valence-corrected chi connectivity index (χ2v) is 23.9. The Morgan fingerprint density at radius 2 is 1.07 bits per heavy atom. The molecule has 2 rings (SSSR count). The molecule has 0 aliphatic carbocycles. The number of carboxylic acid groups (broad SMARTS) is 1. The third-order valence-corrected chi connectivity index (χ3v) is 13.9. The van der Waals surface area contributed by atoms with Crippen LogP contribution in [0, 0.1) is 5.92 Å². The Kier molecular flexibility index (Phi) is 27.8. The van der Waals surface area contributed by atoms with E-state index in [1.807, 2.05) is 0 Å². The standard InChI is InChI=1S/C57H92N12O14/c1-13-14-15-16-20-25-43(72)65-57(11,12)53(83)69-30-21-24-40(69)48(77)62-38(32-35-22-18-17-19-23-35)47(76)67-54(5,6)51(81)64-36(26-28-41(58)70)45(74)61-37(27-29-42(59)71)46(75)66-56(9,10)52(82)68-55(7,8)50(80)60-34(4)44(73)63-39(49(78)79)31-33(2)3/h17-19,22-23,33-34,36-40H,13-16,20-21,24-32H2,1-12H3,(H2,58,70)(H2,59,71)(H,60,80)(H,61,74)(H,62,77)(H,63,73)(H,64,81)(H,65,72)(H,66,75)(H,67,76)(H,68,82)(H,78,79)/t34-,36-,37-,38-,39-,40-/m0/s1. The van der Waals surface area contributed by atoms with Crippen molar-refractivity contribution in [1.29, 1.82) is 0 Å². The van der Waals surface area contributed by atoms with Crippen LogP contribution >= 0.6 is 0 Å². The third kappa shape index (κ3) is 24.0. The lowest BCUT2D eigenvalue weighted by Crippen LogP contribution is -2.66. The minimum atomic E-state index is -1.86. The van der Waals surface area contributed by atoms with Crippen molar-refractivity contribution in [2.45, 2.75) is 231 Å². The van der Waals surface area contributed by atoms with E-state index in [2.05, 4.69) is 54.8 Å². The molecule has 1 aromatic carbocycles. The van der Waals surface area contributed by atoms with Gasteiger partial charge >= 0.3 is 5.97 Å². The van der Waals surface area contributed by atoms with E-state index < -0.39 is 155 Å². The van der Waals surface area contributed by atoms with Crippen LogP contribution in [-0.2, 0) is 68.7 Å². The molecule has 1 aromatic rings. The fourth-order valence-electron chi connectivity index (χ4n) is 8.88. The molecular weight excluding hydrogens is 1080 g/mol. The topological polar surface area (TPSA) is 406 Å². The van der Waals surface area contributed by atoms with Gasteiger partial charge in [0.1, 0.15) is 58.4 Å². The van der Waals surface area contributed by atoms with Gasteiger partial charge in [0.05, 0.1) is 0 Å². The maximum Gasteiger partial charge on any atom is 0.326 e. The SMILES string of the molecule is CCCCCCCC(=O)NC(C)(C)C(=O)N1CCC[C@H]1C(=O)N[C@@H](Cc1ccccc1)C(=O)NC(C)(C)C(=O)N[C@@H](CCC(N)=O)C(=O)N[C@@H](CCC(N)=O)C(=O)NC(C)(C)C(=O)NC(C)(C)C(=O)N[C@@H](C)C(=O)N[C@@H](CC(C)C)C(=O)O. The number of unbranched alkanes of at least 4 members (excludes halogenated alkanes) is 4. The zero-order chi connectivity index (χ0) is 63.2. The number of hydrogen-bond acceptors (Lipinski definition) is 13. The molecule has 1 saturated heterocycles. The lowest BCUT2D eigenvalue weighted by molar-refractivity contribution is -0.145. The first kappa shape index (κ1) is 71.4. The van der Waals surface area contributed by atoms with Gasteiger partial charge in [-0.05, 0) is 112 Å². The second kappa shape index (κ2) is 32.2. The molecule has 464 valence electrons. The van der Waals surface area contributed by atoms with Crippen molar-refractivity contribution < 1.29 is 67.4 Å². The molecule has 1 aliphatic heterocycles. The largest absolute Gasteiger partial charge is 0.480 e. The van der Waals surface area contributed by atoms with Crippen LogP contribution in [0.2, 0.25) is 0 Å². The molecule has 6 atom stereocenters. The first-order valence-corrected chi connectivity index (χ1v) is 28.4. The first-order valence-electron chi connectivity index (χ1n) is 28.4. The number of rotatable bonds is 35. The monoisotopic (exact) mass is 1170 g/mol. The maximum atomic E-state index is 14.3. The van der Waals surface area contributed by atoms with Crippen molar-refractivity contribution in [3.8, 4) is 0 Å². The number of nitrogens with two attached hydrogens (primary N) is 2. The van der Waals surface area contributed by atoms with Gasteiger partial charge in [-0.25, -0.2) is 4.79 Å². The van der Waals surface area contributed by atoms with Crippen LogP contribution in [0.25, 0.3) is 0 Å². The van der Waals surface area contributed by atoms with Gasteiger partial charge in [-0.2, -0.15) is 0 Å². The first-order chi connectivity index (χ1) is 38.4. The van der Waals surface area contributed by atoms with Crippen LogP contribution in [0.1, 0.15) is 172 Å². The Balaban J connectivity index is 2.31. The van der Waals surface area contributed by atoms with Gasteiger partial charge < -0.3 is 69.3 Å². The fourth-order valence-corrected chi connectivity index (χ4v) is 8.88. The van der Waals surface area contributed by atoms with Gasteiger partial charge in [-0.15, -0.1) is 0 Å². The number of amides is 12. The zero-order valence-electron chi connectivity index (χ0n) is 50.4. The van der Waals surface area contributed by atoms with Crippen LogP contribution in [0.5, 0.6) is 0 Å². The number of carbonyl (C=O) groups is 13. The molecule has 1 fully saturated rings. The van der Waals surface area contributed by atoms with Gasteiger partial charge in [-0.1, -0.05) is 76.8 Å². The molecule has 0 radical (unpaired) electrons. The molecule has 0 saturated carbocycles. The Morgan fingerprint density at radius 3 is 1.61 bits per heavy atom. The molecule has 0 aromatic heterocycles. The summed E-state index contributed by atoms with van der Waals surface area (Å²) < 4.78 is 0. The number of likely N-dealkylation sites (tertiary alicyclic amines) is 1. The molecule has 26 heteroatoms. The molecule has 0 spiro atoms. The zero-order valence-corrected chi connectivity index (χ0v) is 50.4. The summed E-state index contributed by atoms with van der Waals surface area (Å²) >= 11 is 0. The smallest absolute Gasteiger partial charge is 0.326 e. The van der Waals surface area contributed by atoms with Crippen molar-refractivity contribution in [2.24, 2.45) is 17.4 Å². The molecular formula is C57H92N12O14. The molecule has 1 aliphatic rings. The van der Waals surface area contributed by atoms with E-state index in [1.54, 1.807) is 58.0 Å². The highest BCUT2D eigenvalue weighted by Crippen LogP contribution is 2.23. The lowest BCUT2D eigenvalue weighted by Gasteiger charge is -2.34. The minimum Gasteiger partial charge on any atom is -0.480 e. The summed E-state index contributed by atoms with van der Waals surface area (Å²) in [5.41, 5.74) is 4.68. The van der Waals surface area contributed by atoms with Gasteiger partial charge in [0, 0.05) is 32.2 Å². The highest BCUT2D eigenvalue weighted by Gasteiger charge is 2.44. The Labute approximate surface area is 486 Å². The van der Waals surface area contributed by atoms with Crippen LogP contribution in [0.3, 0.4) is 0 Å². The molecule has 14 N–H and O–H groups in total. The number of aliphatic carboxylic acids is 1. The number of nitrogens with one attached hydrogen (secondary N) is 9. The summed E-state index contributed by atoms with van der Waals surface area (Å²) in [6.45, 7) is 18.1. The van der Waals surface area contributed by atoms with E-state index in [4.69, 9.17) is 11.5 Å². The maximum absolute atomic E-state index is 14.3. The van der Waals surface area contributed by atoms with Crippen molar-refractivity contribution >= 4 is 76.9 Å². The van der Waals surface area contributed by atoms with E-state index in [1.165, 1.54) is 53.4 Å². The average Bonchev–Trinajstić information content (AvgIpc) is 4.15. The molecule has 0 bridgehead atoms. The van der Waals surface area contributed by atoms with E-state index >= 15 is 0 Å². The number of nitrogens with zero attached hydrogens (tertiary/aromatic N) is 1. The van der Waals surface area contributed by atoms with Crippen molar-refractivity contribution in [3.63, 3.8) is 0 Å². The van der Waals surface area contributed by atoms with E-state index in [-0.39, 0.29) is 44.1 Å². The van der Waals surface area contributed by atoms with Gasteiger partial charge in [0.2, 0.25) is 70.9 Å². The highest BCUT2D eigenvalue weighted by atomic mass is 16.4. The quantitative estimate of drug-likeness (QED) is 0.0406. The predicted octanol–water partition coefficient (Wildman–Crippen LogP) is 0.265. The van der Waals surface area contributed by atoms with Crippen LogP contribution in [0.15, 0.2) is 30.3 Å². The average molecular weight is 1170 g/mol. The summed E-state index contributed by atoms with van der Waals surface area (Å²) in [7, 11) is 0. The minimum absolute atomic E-state index is 0.0590. The molecule has 83 heavy (non-hydrogen) atoms.